The molecule has 0 atom stereocenters. The van der Waals surface area contributed by atoms with Crippen LogP contribution in [-0.4, -0.2) is 19.8 Å². The Labute approximate surface area is 152 Å². The van der Waals surface area contributed by atoms with Crippen molar-refractivity contribution < 1.29 is 9.13 Å². The van der Waals surface area contributed by atoms with Crippen LogP contribution in [0.5, 0.6) is 11.6 Å². The number of hydrogen-bond acceptors (Lipinski definition) is 5. The van der Waals surface area contributed by atoms with E-state index in [1.165, 1.54) is 16.6 Å². The number of fused-ring (bicyclic) bond motifs is 1. The Kier molecular flexibility index (Phi) is 3.95. The van der Waals surface area contributed by atoms with E-state index in [0.29, 0.717) is 17.0 Å². The highest BCUT2D eigenvalue weighted by Crippen LogP contribution is 2.29. The summed E-state index contributed by atoms with van der Waals surface area (Å²) in [7, 11) is 0. The minimum absolute atomic E-state index is 0.224. The number of halogens is 2. The van der Waals surface area contributed by atoms with Gasteiger partial charge in [0.05, 0.1) is 22.2 Å². The number of aromatic nitrogens is 4. The molecule has 0 amide bonds. The smallest absolute Gasteiger partial charge is 0.237 e. The van der Waals surface area contributed by atoms with Crippen molar-refractivity contribution >= 4 is 17.2 Å². The first-order valence-electron chi connectivity index (χ1n) is 7.50. The Morgan fingerprint density at radius 2 is 1.92 bits per heavy atom. The van der Waals surface area contributed by atoms with Crippen molar-refractivity contribution in [3.05, 3.63) is 71.0 Å². The largest absolute Gasteiger partial charge is 0.436 e. The van der Waals surface area contributed by atoms with Crippen LogP contribution in [0.25, 0.3) is 17.0 Å². The second-order valence-electron chi connectivity index (χ2n) is 5.30. The first kappa shape index (κ1) is 16.0. The van der Waals surface area contributed by atoms with Crippen LogP contribution in [0.15, 0.2) is 54.6 Å². The molecule has 4 aromatic rings. The third kappa shape index (κ3) is 2.83. The summed E-state index contributed by atoms with van der Waals surface area (Å²) in [5.74, 6) is 0.402. The standard InChI is InChI=1S/C18H9ClFN5O/c19-13-9-11(10-21)5-6-15(13)26-17-8-7-16-22-23-18(25(16)24-17)12-3-1-2-4-14(12)20/h1-9H. The lowest BCUT2D eigenvalue weighted by atomic mass is 10.2. The molecule has 0 radical (unpaired) electrons. The minimum Gasteiger partial charge on any atom is -0.436 e. The summed E-state index contributed by atoms with van der Waals surface area (Å²) in [5.41, 5.74) is 1.15. The fraction of sp³-hybridized carbons (Fsp3) is 0. The number of hydrogen-bond donors (Lipinski definition) is 0. The van der Waals surface area contributed by atoms with E-state index in [1.54, 1.807) is 42.5 Å². The Bertz CT molecular complexity index is 1170. The quantitative estimate of drug-likeness (QED) is 0.542. The summed E-state index contributed by atoms with van der Waals surface area (Å²) in [6.45, 7) is 0. The van der Waals surface area contributed by atoms with Crippen LogP contribution < -0.4 is 4.74 Å². The molecule has 0 bridgehead atoms. The third-order valence-corrected chi connectivity index (χ3v) is 3.92. The molecule has 4 rings (SSSR count). The van der Waals surface area contributed by atoms with Crippen molar-refractivity contribution in [2.24, 2.45) is 0 Å². The molecule has 0 aliphatic rings. The zero-order chi connectivity index (χ0) is 18.1. The van der Waals surface area contributed by atoms with Crippen molar-refractivity contribution in [1.29, 1.82) is 5.26 Å². The first-order valence-corrected chi connectivity index (χ1v) is 7.88. The van der Waals surface area contributed by atoms with Gasteiger partial charge in [-0.1, -0.05) is 23.7 Å². The van der Waals surface area contributed by atoms with Gasteiger partial charge in [0.1, 0.15) is 11.6 Å². The van der Waals surface area contributed by atoms with Gasteiger partial charge >= 0.3 is 0 Å². The molecular formula is C18H9ClFN5O. The van der Waals surface area contributed by atoms with E-state index in [9.17, 15) is 4.39 Å². The number of nitrogens with zero attached hydrogens (tertiary/aromatic N) is 5. The SMILES string of the molecule is N#Cc1ccc(Oc2ccc3nnc(-c4ccccc4F)n3n2)c(Cl)c1. The highest BCUT2D eigenvalue weighted by atomic mass is 35.5. The van der Waals surface area contributed by atoms with E-state index in [2.05, 4.69) is 15.3 Å². The molecule has 0 unspecified atom stereocenters. The number of ether oxygens (including phenoxy) is 1. The van der Waals surface area contributed by atoms with E-state index in [-0.39, 0.29) is 22.3 Å². The maximum absolute atomic E-state index is 14.1. The van der Waals surface area contributed by atoms with Gasteiger partial charge in [-0.3, -0.25) is 0 Å². The molecule has 8 heteroatoms. The molecule has 0 aliphatic heterocycles. The van der Waals surface area contributed by atoms with Gasteiger partial charge in [-0.15, -0.1) is 15.3 Å². The molecule has 0 saturated heterocycles. The Hall–Kier alpha value is -3.50. The lowest BCUT2D eigenvalue weighted by Crippen LogP contribution is -1.99. The zero-order valence-corrected chi connectivity index (χ0v) is 13.9. The predicted molar refractivity (Wildman–Crippen MR) is 92.4 cm³/mol. The van der Waals surface area contributed by atoms with E-state index in [4.69, 9.17) is 21.6 Å². The van der Waals surface area contributed by atoms with Crippen LogP contribution >= 0.6 is 11.6 Å². The number of benzene rings is 2. The maximum atomic E-state index is 14.1. The third-order valence-electron chi connectivity index (χ3n) is 3.63. The zero-order valence-electron chi connectivity index (χ0n) is 13.1. The van der Waals surface area contributed by atoms with Gasteiger partial charge in [0, 0.05) is 6.07 Å². The molecule has 2 heterocycles. The summed E-state index contributed by atoms with van der Waals surface area (Å²) in [6.07, 6.45) is 0. The second kappa shape index (κ2) is 6.43. The van der Waals surface area contributed by atoms with Gasteiger partial charge < -0.3 is 4.74 Å². The van der Waals surface area contributed by atoms with E-state index >= 15 is 0 Å². The van der Waals surface area contributed by atoms with Gasteiger partial charge in [-0.25, -0.2) is 4.39 Å². The van der Waals surface area contributed by atoms with Crippen LogP contribution in [0.4, 0.5) is 4.39 Å². The van der Waals surface area contributed by atoms with Gasteiger partial charge in [0.2, 0.25) is 5.88 Å². The van der Waals surface area contributed by atoms with E-state index in [1.807, 2.05) is 6.07 Å². The van der Waals surface area contributed by atoms with Crippen molar-refractivity contribution in [2.45, 2.75) is 0 Å². The van der Waals surface area contributed by atoms with Crippen LogP contribution in [0, 0.1) is 17.1 Å². The van der Waals surface area contributed by atoms with Crippen LogP contribution in [0.1, 0.15) is 5.56 Å². The first-order chi connectivity index (χ1) is 12.7. The maximum Gasteiger partial charge on any atom is 0.237 e. The molecule has 0 spiro atoms. The van der Waals surface area contributed by atoms with Gasteiger partial charge in [0.25, 0.3) is 0 Å². The summed E-state index contributed by atoms with van der Waals surface area (Å²) in [5, 5.41) is 21.5. The molecule has 6 nitrogen and oxygen atoms in total. The average molecular weight is 366 g/mol. The van der Waals surface area contributed by atoms with Crippen LogP contribution in [0.3, 0.4) is 0 Å². The Morgan fingerprint density at radius 1 is 1.08 bits per heavy atom. The van der Waals surface area contributed by atoms with Crippen LogP contribution in [-0.2, 0) is 0 Å². The van der Waals surface area contributed by atoms with Gasteiger partial charge in [-0.2, -0.15) is 9.78 Å². The van der Waals surface area contributed by atoms with Crippen molar-refractivity contribution in [1.82, 2.24) is 19.8 Å². The predicted octanol–water partition coefficient (Wildman–Crippen LogP) is 4.25. The highest BCUT2D eigenvalue weighted by Gasteiger charge is 2.14. The fourth-order valence-electron chi connectivity index (χ4n) is 2.40. The molecule has 2 aromatic carbocycles. The van der Waals surface area contributed by atoms with Gasteiger partial charge in [0.15, 0.2) is 11.5 Å². The summed E-state index contributed by atoms with van der Waals surface area (Å²) in [4.78, 5) is 0. The topological polar surface area (TPSA) is 76.1 Å². The van der Waals surface area contributed by atoms with Gasteiger partial charge in [-0.05, 0) is 36.4 Å². The van der Waals surface area contributed by atoms with E-state index < -0.39 is 5.82 Å². The van der Waals surface area contributed by atoms with Crippen molar-refractivity contribution in [3.63, 3.8) is 0 Å². The van der Waals surface area contributed by atoms with Crippen molar-refractivity contribution in [3.8, 4) is 29.1 Å². The normalized spacial score (nSPS) is 10.7. The second-order valence-corrected chi connectivity index (χ2v) is 5.71. The summed E-state index contributed by atoms with van der Waals surface area (Å²) >= 11 is 6.12. The Morgan fingerprint density at radius 3 is 2.69 bits per heavy atom. The average Bonchev–Trinajstić information content (AvgIpc) is 3.07. The molecule has 126 valence electrons. The fourth-order valence-corrected chi connectivity index (χ4v) is 2.62. The molecule has 0 aliphatic carbocycles. The number of rotatable bonds is 3. The monoisotopic (exact) mass is 365 g/mol. The lowest BCUT2D eigenvalue weighted by molar-refractivity contribution is 0.453. The molecule has 2 aromatic heterocycles. The van der Waals surface area contributed by atoms with E-state index in [0.717, 1.165) is 0 Å². The summed E-state index contributed by atoms with van der Waals surface area (Å²) < 4.78 is 21.1. The molecule has 0 fully saturated rings. The minimum atomic E-state index is -0.426. The summed E-state index contributed by atoms with van der Waals surface area (Å²) in [6, 6.07) is 16.2. The van der Waals surface area contributed by atoms with Crippen molar-refractivity contribution in [2.75, 3.05) is 0 Å². The lowest BCUT2D eigenvalue weighted by Gasteiger charge is -2.07. The Balaban J connectivity index is 1.75. The number of nitriles is 1. The highest BCUT2D eigenvalue weighted by molar-refractivity contribution is 6.32. The molecular weight excluding hydrogens is 357 g/mol. The molecule has 0 saturated carbocycles. The van der Waals surface area contributed by atoms with Crippen LogP contribution in [0.2, 0.25) is 5.02 Å². The molecule has 0 N–H and O–H groups in total. The molecule has 26 heavy (non-hydrogen) atoms.